The Bertz CT molecular complexity index is 828. The molecule has 114 valence electrons. The fraction of sp³-hybridized carbons (Fsp3) is 0.0588. The molecule has 0 spiro atoms. The summed E-state index contributed by atoms with van der Waals surface area (Å²) >= 11 is 0. The average Bonchev–Trinajstić information content (AvgIpc) is 2.53. The average molecular weight is 308 g/mol. The second-order valence-corrected chi connectivity index (χ2v) is 5.08. The van der Waals surface area contributed by atoms with E-state index in [-0.39, 0.29) is 23.5 Å². The zero-order chi connectivity index (χ0) is 16.4. The smallest absolute Gasteiger partial charge is 0.299 e. The minimum atomic E-state index is -0.941. The SMILES string of the molecule is O=C(Cc1ccccc1)Nc1ccc2c(c1)C(=O)NC(=O)C2=O. The fourth-order valence-corrected chi connectivity index (χ4v) is 2.34. The molecule has 6 heteroatoms. The van der Waals surface area contributed by atoms with Crippen molar-refractivity contribution in [3.05, 3.63) is 65.2 Å². The molecule has 2 aromatic rings. The largest absolute Gasteiger partial charge is 0.326 e. The summed E-state index contributed by atoms with van der Waals surface area (Å²) in [4.78, 5) is 46.8. The number of ketones is 1. The number of hydrogen-bond acceptors (Lipinski definition) is 4. The highest BCUT2D eigenvalue weighted by atomic mass is 16.2. The summed E-state index contributed by atoms with van der Waals surface area (Å²) in [5.74, 6) is -2.59. The molecule has 0 unspecified atom stereocenters. The van der Waals surface area contributed by atoms with Crippen LogP contribution in [0.2, 0.25) is 0 Å². The molecule has 2 aromatic carbocycles. The van der Waals surface area contributed by atoms with Gasteiger partial charge in [-0.25, -0.2) is 0 Å². The number of carbonyl (C=O) groups excluding carboxylic acids is 4. The number of anilines is 1. The lowest BCUT2D eigenvalue weighted by Gasteiger charge is -2.15. The molecule has 1 heterocycles. The van der Waals surface area contributed by atoms with Crippen LogP contribution >= 0.6 is 0 Å². The Hall–Kier alpha value is -3.28. The van der Waals surface area contributed by atoms with Crippen LogP contribution in [0.5, 0.6) is 0 Å². The molecule has 6 nitrogen and oxygen atoms in total. The van der Waals surface area contributed by atoms with Crippen LogP contribution < -0.4 is 10.6 Å². The molecule has 0 saturated heterocycles. The first-order valence-corrected chi connectivity index (χ1v) is 6.92. The zero-order valence-corrected chi connectivity index (χ0v) is 12.0. The standard InChI is InChI=1S/C17H12N2O4/c20-14(8-10-4-2-1-3-5-10)18-11-6-7-12-13(9-11)16(22)19-17(23)15(12)21/h1-7,9H,8H2,(H,18,20)(H,19,22,23). The van der Waals surface area contributed by atoms with Gasteiger partial charge >= 0.3 is 0 Å². The van der Waals surface area contributed by atoms with Crippen molar-refractivity contribution < 1.29 is 19.2 Å². The van der Waals surface area contributed by atoms with Crippen molar-refractivity contribution >= 4 is 29.2 Å². The minimum Gasteiger partial charge on any atom is -0.326 e. The van der Waals surface area contributed by atoms with Crippen molar-refractivity contribution in [2.45, 2.75) is 6.42 Å². The van der Waals surface area contributed by atoms with Gasteiger partial charge in [0.2, 0.25) is 5.91 Å². The van der Waals surface area contributed by atoms with E-state index in [1.54, 1.807) is 0 Å². The molecule has 0 fully saturated rings. The van der Waals surface area contributed by atoms with E-state index in [9.17, 15) is 19.2 Å². The van der Waals surface area contributed by atoms with Crippen molar-refractivity contribution in [1.29, 1.82) is 0 Å². The third-order valence-corrected chi connectivity index (χ3v) is 3.43. The molecule has 0 aromatic heterocycles. The van der Waals surface area contributed by atoms with Crippen molar-refractivity contribution in [1.82, 2.24) is 5.32 Å². The summed E-state index contributed by atoms with van der Waals surface area (Å²) in [7, 11) is 0. The molecule has 0 saturated carbocycles. The Kier molecular flexibility index (Phi) is 3.72. The molecule has 23 heavy (non-hydrogen) atoms. The minimum absolute atomic E-state index is 0.0415. The predicted molar refractivity (Wildman–Crippen MR) is 82.0 cm³/mol. The monoisotopic (exact) mass is 308 g/mol. The Balaban J connectivity index is 1.79. The Labute approximate surface area is 131 Å². The van der Waals surface area contributed by atoms with E-state index in [0.717, 1.165) is 5.56 Å². The molecule has 1 aliphatic heterocycles. The number of fused-ring (bicyclic) bond motifs is 1. The quantitative estimate of drug-likeness (QED) is 0.661. The van der Waals surface area contributed by atoms with Gasteiger partial charge in [0.1, 0.15) is 0 Å². The van der Waals surface area contributed by atoms with Crippen molar-refractivity contribution in [2.24, 2.45) is 0 Å². The number of amides is 3. The topological polar surface area (TPSA) is 92.3 Å². The van der Waals surface area contributed by atoms with E-state index in [2.05, 4.69) is 5.32 Å². The van der Waals surface area contributed by atoms with E-state index < -0.39 is 17.6 Å². The summed E-state index contributed by atoms with van der Waals surface area (Å²) in [6.07, 6.45) is 0.196. The normalized spacial score (nSPS) is 13.3. The number of Topliss-reactive ketones (excluding diaryl/α,β-unsaturated/α-hetero) is 1. The lowest BCUT2D eigenvalue weighted by atomic mass is 9.98. The van der Waals surface area contributed by atoms with Crippen LogP contribution in [0.25, 0.3) is 0 Å². The Morgan fingerprint density at radius 2 is 1.65 bits per heavy atom. The highest BCUT2D eigenvalue weighted by molar-refractivity contribution is 6.49. The number of benzene rings is 2. The maximum absolute atomic E-state index is 12.0. The maximum atomic E-state index is 12.0. The van der Waals surface area contributed by atoms with Gasteiger partial charge in [-0.2, -0.15) is 0 Å². The first-order chi connectivity index (χ1) is 11.0. The van der Waals surface area contributed by atoms with Gasteiger partial charge in [-0.1, -0.05) is 30.3 Å². The van der Waals surface area contributed by atoms with Crippen LogP contribution in [-0.2, 0) is 16.0 Å². The van der Waals surface area contributed by atoms with Gasteiger partial charge in [0.05, 0.1) is 12.0 Å². The third kappa shape index (κ3) is 3.01. The highest BCUT2D eigenvalue weighted by Crippen LogP contribution is 2.19. The Morgan fingerprint density at radius 3 is 2.39 bits per heavy atom. The number of hydrogen-bond donors (Lipinski definition) is 2. The number of imide groups is 1. The van der Waals surface area contributed by atoms with Crippen LogP contribution in [0.1, 0.15) is 26.3 Å². The Morgan fingerprint density at radius 1 is 0.913 bits per heavy atom. The lowest BCUT2D eigenvalue weighted by molar-refractivity contribution is -0.116. The van der Waals surface area contributed by atoms with E-state index in [1.165, 1.54) is 18.2 Å². The first kappa shape index (κ1) is 14.6. The van der Waals surface area contributed by atoms with Gasteiger partial charge in [-0.05, 0) is 23.8 Å². The van der Waals surface area contributed by atoms with Gasteiger partial charge < -0.3 is 5.32 Å². The van der Waals surface area contributed by atoms with Crippen molar-refractivity contribution in [3.63, 3.8) is 0 Å². The maximum Gasteiger partial charge on any atom is 0.299 e. The van der Waals surface area contributed by atoms with Gasteiger partial charge in [0, 0.05) is 11.3 Å². The summed E-state index contributed by atoms with van der Waals surface area (Å²) < 4.78 is 0. The molecule has 0 aliphatic carbocycles. The van der Waals surface area contributed by atoms with Crippen molar-refractivity contribution in [2.75, 3.05) is 5.32 Å². The van der Waals surface area contributed by atoms with Gasteiger partial charge in [0.25, 0.3) is 17.6 Å². The number of rotatable bonds is 3. The molecule has 0 bridgehead atoms. The summed E-state index contributed by atoms with van der Waals surface area (Å²) in [5, 5.41) is 4.64. The highest BCUT2D eigenvalue weighted by Gasteiger charge is 2.30. The molecular formula is C17H12N2O4. The van der Waals surface area contributed by atoms with Crippen LogP contribution in [0.3, 0.4) is 0 Å². The lowest BCUT2D eigenvalue weighted by Crippen LogP contribution is -2.42. The number of carbonyl (C=O) groups is 4. The van der Waals surface area contributed by atoms with Gasteiger partial charge in [-0.3, -0.25) is 24.5 Å². The van der Waals surface area contributed by atoms with E-state index in [1.807, 2.05) is 35.6 Å². The molecular weight excluding hydrogens is 296 g/mol. The molecule has 0 radical (unpaired) electrons. The van der Waals surface area contributed by atoms with Gasteiger partial charge in [0.15, 0.2) is 0 Å². The molecule has 3 amide bonds. The predicted octanol–water partition coefficient (Wildman–Crippen LogP) is 1.32. The molecule has 1 aliphatic rings. The van der Waals surface area contributed by atoms with Gasteiger partial charge in [-0.15, -0.1) is 0 Å². The van der Waals surface area contributed by atoms with Crippen LogP contribution in [0.15, 0.2) is 48.5 Å². The third-order valence-electron chi connectivity index (χ3n) is 3.43. The van der Waals surface area contributed by atoms with Crippen molar-refractivity contribution in [3.8, 4) is 0 Å². The van der Waals surface area contributed by atoms with Crippen LogP contribution in [0.4, 0.5) is 5.69 Å². The second-order valence-electron chi connectivity index (χ2n) is 5.08. The van der Waals surface area contributed by atoms with E-state index in [4.69, 9.17) is 0 Å². The van der Waals surface area contributed by atoms with Crippen LogP contribution in [0, 0.1) is 0 Å². The van der Waals surface area contributed by atoms with E-state index in [0.29, 0.717) is 5.69 Å². The second kappa shape index (κ2) is 5.84. The first-order valence-electron chi connectivity index (χ1n) is 6.92. The zero-order valence-electron chi connectivity index (χ0n) is 12.0. The van der Waals surface area contributed by atoms with Crippen LogP contribution in [-0.4, -0.2) is 23.5 Å². The van der Waals surface area contributed by atoms with E-state index >= 15 is 0 Å². The molecule has 2 N–H and O–H groups in total. The summed E-state index contributed by atoms with van der Waals surface area (Å²) in [6, 6.07) is 13.5. The molecule has 0 atom stereocenters. The number of nitrogens with one attached hydrogen (secondary N) is 2. The molecule has 3 rings (SSSR count). The fourth-order valence-electron chi connectivity index (χ4n) is 2.34. The summed E-state index contributed by atoms with van der Waals surface area (Å²) in [6.45, 7) is 0. The summed E-state index contributed by atoms with van der Waals surface area (Å²) in [5.41, 5.74) is 1.37.